The van der Waals surface area contributed by atoms with Gasteiger partial charge in [-0.25, -0.2) is 0 Å². The van der Waals surface area contributed by atoms with E-state index in [1.165, 1.54) is 11.3 Å². The molecule has 2 amide bonds. The second-order valence-electron chi connectivity index (χ2n) is 8.65. The minimum Gasteiger partial charge on any atom is -0.361 e. The standard InChI is InChI=1S/C21H24ClN5O2S/c1-21(2,3)19-25-26-20(30-19)24-18(29)13-8-17(28)27(11-13)7-6-12-10-23-16-5-4-14(22)9-15(12)16/h4-5,9-10,13,23H,6-8,11H2,1-3H3,(H,24,26,29). The van der Waals surface area contributed by atoms with Gasteiger partial charge in [0, 0.05) is 47.0 Å². The molecule has 30 heavy (non-hydrogen) atoms. The largest absolute Gasteiger partial charge is 0.361 e. The van der Waals surface area contributed by atoms with Crippen molar-refractivity contribution in [3.05, 3.63) is 40.0 Å². The number of nitrogens with zero attached hydrogens (tertiary/aromatic N) is 3. The Kier molecular flexibility index (Phi) is 5.55. The van der Waals surface area contributed by atoms with Crippen LogP contribution in [0.25, 0.3) is 10.9 Å². The normalized spacial score (nSPS) is 17.1. The summed E-state index contributed by atoms with van der Waals surface area (Å²) in [5.74, 6) is -0.557. The molecule has 1 atom stereocenters. The third-order valence-electron chi connectivity index (χ3n) is 5.26. The van der Waals surface area contributed by atoms with Gasteiger partial charge < -0.3 is 15.2 Å². The number of anilines is 1. The molecule has 0 spiro atoms. The van der Waals surface area contributed by atoms with Crippen LogP contribution in [-0.2, 0) is 21.4 Å². The number of benzene rings is 1. The number of aromatic nitrogens is 3. The number of likely N-dealkylation sites (tertiary alicyclic amines) is 1. The Labute approximate surface area is 183 Å². The van der Waals surface area contributed by atoms with Crippen molar-refractivity contribution < 1.29 is 9.59 Å². The Hall–Kier alpha value is -2.45. The number of nitrogens with one attached hydrogen (secondary N) is 2. The predicted octanol–water partition coefficient (Wildman–Crippen LogP) is 4.00. The molecule has 4 rings (SSSR count). The molecular weight excluding hydrogens is 422 g/mol. The highest BCUT2D eigenvalue weighted by molar-refractivity contribution is 7.15. The number of amides is 2. The lowest BCUT2D eigenvalue weighted by atomic mass is 9.98. The third-order valence-corrected chi connectivity index (χ3v) is 6.76. The Balaban J connectivity index is 1.36. The molecule has 1 aromatic carbocycles. The third kappa shape index (κ3) is 4.34. The zero-order valence-corrected chi connectivity index (χ0v) is 18.7. The van der Waals surface area contributed by atoms with E-state index in [0.717, 1.165) is 21.5 Å². The summed E-state index contributed by atoms with van der Waals surface area (Å²) in [6, 6.07) is 5.72. The van der Waals surface area contributed by atoms with Crippen LogP contribution in [0, 0.1) is 5.92 Å². The van der Waals surface area contributed by atoms with Crippen molar-refractivity contribution in [2.45, 2.75) is 39.0 Å². The second kappa shape index (κ2) is 8.00. The van der Waals surface area contributed by atoms with E-state index in [1.807, 2.05) is 45.2 Å². The lowest BCUT2D eigenvalue weighted by molar-refractivity contribution is -0.128. The zero-order valence-electron chi connectivity index (χ0n) is 17.2. The summed E-state index contributed by atoms with van der Waals surface area (Å²) in [6.45, 7) is 7.13. The maximum Gasteiger partial charge on any atom is 0.231 e. The first kappa shape index (κ1) is 20.8. The number of rotatable bonds is 5. The van der Waals surface area contributed by atoms with Gasteiger partial charge in [-0.1, -0.05) is 43.7 Å². The Morgan fingerprint density at radius 2 is 2.17 bits per heavy atom. The van der Waals surface area contributed by atoms with Crippen LogP contribution in [0.15, 0.2) is 24.4 Å². The molecular formula is C21H24ClN5O2S. The van der Waals surface area contributed by atoms with Gasteiger partial charge in [-0.3, -0.25) is 9.59 Å². The molecule has 3 aromatic rings. The van der Waals surface area contributed by atoms with Gasteiger partial charge in [-0.2, -0.15) is 0 Å². The van der Waals surface area contributed by atoms with E-state index in [4.69, 9.17) is 11.6 Å². The SMILES string of the molecule is CC(C)(C)c1nnc(NC(=O)C2CC(=O)N(CCc3c[nH]c4ccc(Cl)cc34)C2)s1. The van der Waals surface area contributed by atoms with E-state index in [2.05, 4.69) is 20.5 Å². The maximum absolute atomic E-state index is 12.6. The molecule has 1 saturated heterocycles. The molecule has 1 aliphatic rings. The monoisotopic (exact) mass is 445 g/mol. The number of carbonyl (C=O) groups excluding carboxylic acids is 2. The molecule has 0 bridgehead atoms. The summed E-state index contributed by atoms with van der Waals surface area (Å²) in [5.41, 5.74) is 2.01. The van der Waals surface area contributed by atoms with Crippen LogP contribution in [0.5, 0.6) is 0 Å². The molecule has 1 fully saturated rings. The number of halogens is 1. The molecule has 7 nitrogen and oxygen atoms in total. The summed E-state index contributed by atoms with van der Waals surface area (Å²) in [5, 5.41) is 14.1. The highest BCUT2D eigenvalue weighted by Gasteiger charge is 2.34. The van der Waals surface area contributed by atoms with E-state index < -0.39 is 0 Å². The fourth-order valence-corrected chi connectivity index (χ4v) is 4.54. The van der Waals surface area contributed by atoms with Crippen LogP contribution < -0.4 is 5.32 Å². The number of hydrogen-bond acceptors (Lipinski definition) is 5. The van der Waals surface area contributed by atoms with Crippen LogP contribution in [0.2, 0.25) is 5.02 Å². The predicted molar refractivity (Wildman–Crippen MR) is 119 cm³/mol. The maximum atomic E-state index is 12.6. The van der Waals surface area contributed by atoms with Crippen molar-refractivity contribution in [2.75, 3.05) is 18.4 Å². The molecule has 0 radical (unpaired) electrons. The molecule has 1 aliphatic heterocycles. The van der Waals surface area contributed by atoms with Crippen molar-refractivity contribution in [3.63, 3.8) is 0 Å². The van der Waals surface area contributed by atoms with Gasteiger partial charge in [0.2, 0.25) is 16.9 Å². The molecule has 3 heterocycles. The Morgan fingerprint density at radius 3 is 2.90 bits per heavy atom. The molecule has 0 saturated carbocycles. The molecule has 2 aromatic heterocycles. The summed E-state index contributed by atoms with van der Waals surface area (Å²) in [4.78, 5) is 30.1. The van der Waals surface area contributed by atoms with Gasteiger partial charge in [0.15, 0.2) is 0 Å². The first-order chi connectivity index (χ1) is 14.2. The minimum absolute atomic E-state index is 0.000619. The van der Waals surface area contributed by atoms with Gasteiger partial charge >= 0.3 is 0 Å². The zero-order chi connectivity index (χ0) is 21.5. The van der Waals surface area contributed by atoms with E-state index >= 15 is 0 Å². The summed E-state index contributed by atoms with van der Waals surface area (Å²) >= 11 is 7.49. The van der Waals surface area contributed by atoms with Gasteiger partial charge in [0.05, 0.1) is 5.92 Å². The van der Waals surface area contributed by atoms with E-state index in [9.17, 15) is 9.59 Å². The highest BCUT2D eigenvalue weighted by Crippen LogP contribution is 2.29. The van der Waals surface area contributed by atoms with Crippen LogP contribution in [-0.4, -0.2) is 45.0 Å². The molecule has 2 N–H and O–H groups in total. The number of hydrogen-bond donors (Lipinski definition) is 2. The number of fused-ring (bicyclic) bond motifs is 1. The fourth-order valence-electron chi connectivity index (χ4n) is 3.56. The van der Waals surface area contributed by atoms with Gasteiger partial charge in [-0.05, 0) is 30.2 Å². The van der Waals surface area contributed by atoms with Crippen LogP contribution >= 0.6 is 22.9 Å². The second-order valence-corrected chi connectivity index (χ2v) is 10.1. The molecule has 158 valence electrons. The van der Waals surface area contributed by atoms with E-state index in [-0.39, 0.29) is 29.6 Å². The molecule has 9 heteroatoms. The average molecular weight is 446 g/mol. The van der Waals surface area contributed by atoms with Crippen LogP contribution in [0.1, 0.15) is 37.8 Å². The molecule has 0 aliphatic carbocycles. The number of aromatic amines is 1. The number of H-pyrrole nitrogens is 1. The van der Waals surface area contributed by atoms with Crippen molar-refractivity contribution in [2.24, 2.45) is 5.92 Å². The Bertz CT molecular complexity index is 1100. The van der Waals surface area contributed by atoms with Gasteiger partial charge in [0.25, 0.3) is 0 Å². The van der Waals surface area contributed by atoms with Crippen LogP contribution in [0.3, 0.4) is 0 Å². The minimum atomic E-state index is -0.378. The highest BCUT2D eigenvalue weighted by atomic mass is 35.5. The number of carbonyl (C=O) groups is 2. The van der Waals surface area contributed by atoms with Crippen LogP contribution in [0.4, 0.5) is 5.13 Å². The fraction of sp³-hybridized carbons (Fsp3) is 0.429. The lowest BCUT2D eigenvalue weighted by Gasteiger charge is -2.16. The lowest BCUT2D eigenvalue weighted by Crippen LogP contribution is -2.30. The quantitative estimate of drug-likeness (QED) is 0.621. The first-order valence-corrected chi connectivity index (χ1v) is 11.1. The Morgan fingerprint density at radius 1 is 1.37 bits per heavy atom. The van der Waals surface area contributed by atoms with E-state index in [0.29, 0.717) is 29.7 Å². The van der Waals surface area contributed by atoms with Crippen molar-refractivity contribution in [3.8, 4) is 0 Å². The van der Waals surface area contributed by atoms with Crippen molar-refractivity contribution in [1.29, 1.82) is 0 Å². The van der Waals surface area contributed by atoms with Crippen molar-refractivity contribution >= 4 is 50.8 Å². The topological polar surface area (TPSA) is 91.0 Å². The van der Waals surface area contributed by atoms with Gasteiger partial charge in [0.1, 0.15) is 5.01 Å². The van der Waals surface area contributed by atoms with E-state index in [1.54, 1.807) is 4.90 Å². The first-order valence-electron chi connectivity index (χ1n) is 9.89. The summed E-state index contributed by atoms with van der Waals surface area (Å²) < 4.78 is 0. The van der Waals surface area contributed by atoms with Crippen molar-refractivity contribution in [1.82, 2.24) is 20.1 Å². The summed E-state index contributed by atoms with van der Waals surface area (Å²) in [7, 11) is 0. The average Bonchev–Trinajstić information content (AvgIpc) is 3.38. The molecule has 1 unspecified atom stereocenters. The smallest absolute Gasteiger partial charge is 0.231 e. The summed E-state index contributed by atoms with van der Waals surface area (Å²) in [6.07, 6.45) is 2.87. The van der Waals surface area contributed by atoms with Gasteiger partial charge in [-0.15, -0.1) is 10.2 Å².